The third-order valence-corrected chi connectivity index (χ3v) is 3.60. The number of halogens is 1. The summed E-state index contributed by atoms with van der Waals surface area (Å²) in [6.07, 6.45) is 5.16. The third kappa shape index (κ3) is 4.26. The summed E-state index contributed by atoms with van der Waals surface area (Å²) in [5.74, 6) is -0.216. The number of benzene rings is 1. The van der Waals surface area contributed by atoms with E-state index in [0.29, 0.717) is 6.42 Å². The molecule has 0 aliphatic heterocycles. The molecule has 1 heterocycles. The Balaban J connectivity index is 2.21. The standard InChI is InChI=1S/C17H22FN3/c1-3-16(19)10-14-9-15(18)6-7-17(14)21(2)12-13-5-4-8-20-11-13/h4-9,11,16H,3,10,12,19H2,1-2H3. The number of nitrogens with zero attached hydrogens (tertiary/aromatic N) is 2. The van der Waals surface area contributed by atoms with Crippen molar-refractivity contribution in [2.24, 2.45) is 5.73 Å². The molecule has 1 aromatic carbocycles. The van der Waals surface area contributed by atoms with Crippen molar-refractivity contribution in [2.75, 3.05) is 11.9 Å². The van der Waals surface area contributed by atoms with Gasteiger partial charge in [-0.25, -0.2) is 4.39 Å². The first kappa shape index (κ1) is 15.4. The highest BCUT2D eigenvalue weighted by Gasteiger charge is 2.12. The van der Waals surface area contributed by atoms with E-state index < -0.39 is 0 Å². The summed E-state index contributed by atoms with van der Waals surface area (Å²) in [5, 5.41) is 0. The van der Waals surface area contributed by atoms with Gasteiger partial charge in [-0.1, -0.05) is 13.0 Å². The van der Waals surface area contributed by atoms with Gasteiger partial charge < -0.3 is 10.6 Å². The maximum atomic E-state index is 13.5. The fraction of sp³-hybridized carbons (Fsp3) is 0.353. The molecular weight excluding hydrogens is 265 g/mol. The van der Waals surface area contributed by atoms with Crippen LogP contribution in [0, 0.1) is 5.82 Å². The number of pyridine rings is 1. The zero-order valence-corrected chi connectivity index (χ0v) is 12.6. The van der Waals surface area contributed by atoms with Crippen LogP contribution in [-0.2, 0) is 13.0 Å². The Morgan fingerprint density at radius 3 is 2.81 bits per heavy atom. The van der Waals surface area contributed by atoms with Gasteiger partial charge in [0.05, 0.1) is 0 Å². The van der Waals surface area contributed by atoms with Gasteiger partial charge in [0.25, 0.3) is 0 Å². The van der Waals surface area contributed by atoms with Gasteiger partial charge in [-0.05, 0) is 48.2 Å². The van der Waals surface area contributed by atoms with Gasteiger partial charge in [0.15, 0.2) is 0 Å². The minimum atomic E-state index is -0.216. The molecule has 0 radical (unpaired) electrons. The molecule has 0 saturated heterocycles. The minimum Gasteiger partial charge on any atom is -0.370 e. The zero-order chi connectivity index (χ0) is 15.2. The fourth-order valence-corrected chi connectivity index (χ4v) is 2.37. The average molecular weight is 287 g/mol. The van der Waals surface area contributed by atoms with Crippen LogP contribution in [0.25, 0.3) is 0 Å². The van der Waals surface area contributed by atoms with E-state index in [1.165, 1.54) is 6.07 Å². The largest absolute Gasteiger partial charge is 0.370 e. The van der Waals surface area contributed by atoms with Gasteiger partial charge >= 0.3 is 0 Å². The Kier molecular flexibility index (Phi) is 5.28. The molecule has 2 N–H and O–H groups in total. The van der Waals surface area contributed by atoms with Crippen LogP contribution in [0.3, 0.4) is 0 Å². The normalized spacial score (nSPS) is 12.2. The molecule has 2 aromatic rings. The van der Waals surface area contributed by atoms with Crippen LogP contribution < -0.4 is 10.6 Å². The highest BCUT2D eigenvalue weighted by molar-refractivity contribution is 5.54. The van der Waals surface area contributed by atoms with Crippen molar-refractivity contribution in [2.45, 2.75) is 32.4 Å². The second-order valence-electron chi connectivity index (χ2n) is 5.36. The molecule has 3 nitrogen and oxygen atoms in total. The van der Waals surface area contributed by atoms with E-state index in [0.717, 1.165) is 29.8 Å². The first-order chi connectivity index (χ1) is 10.1. The summed E-state index contributed by atoms with van der Waals surface area (Å²) in [7, 11) is 2.00. The molecule has 0 saturated carbocycles. The summed E-state index contributed by atoms with van der Waals surface area (Å²) in [5.41, 5.74) is 9.12. The molecule has 0 aliphatic carbocycles. The molecule has 4 heteroatoms. The Bertz CT molecular complexity index is 572. The lowest BCUT2D eigenvalue weighted by molar-refractivity contribution is 0.613. The van der Waals surface area contributed by atoms with Gasteiger partial charge in [-0.2, -0.15) is 0 Å². The second-order valence-corrected chi connectivity index (χ2v) is 5.36. The number of aromatic nitrogens is 1. The average Bonchev–Trinajstić information content (AvgIpc) is 2.48. The van der Waals surface area contributed by atoms with E-state index in [-0.39, 0.29) is 11.9 Å². The molecule has 0 aliphatic rings. The van der Waals surface area contributed by atoms with Crippen molar-refractivity contribution in [3.05, 3.63) is 59.7 Å². The number of anilines is 1. The summed E-state index contributed by atoms with van der Waals surface area (Å²) >= 11 is 0. The molecule has 1 unspecified atom stereocenters. The summed E-state index contributed by atoms with van der Waals surface area (Å²) in [4.78, 5) is 6.23. The lowest BCUT2D eigenvalue weighted by Crippen LogP contribution is -2.24. The summed E-state index contributed by atoms with van der Waals surface area (Å²) in [6.45, 7) is 2.77. The molecule has 21 heavy (non-hydrogen) atoms. The molecule has 0 fully saturated rings. The van der Waals surface area contributed by atoms with E-state index in [4.69, 9.17) is 5.73 Å². The minimum absolute atomic E-state index is 0.0531. The smallest absolute Gasteiger partial charge is 0.123 e. The molecule has 0 amide bonds. The first-order valence-electron chi connectivity index (χ1n) is 7.24. The van der Waals surface area contributed by atoms with Crippen LogP contribution in [0.1, 0.15) is 24.5 Å². The topological polar surface area (TPSA) is 42.1 Å². The number of rotatable bonds is 6. The number of nitrogens with two attached hydrogens (primary N) is 1. The molecule has 0 spiro atoms. The summed E-state index contributed by atoms with van der Waals surface area (Å²) < 4.78 is 13.5. The van der Waals surface area contributed by atoms with Gasteiger partial charge in [-0.15, -0.1) is 0 Å². The van der Waals surface area contributed by atoms with Crippen molar-refractivity contribution >= 4 is 5.69 Å². The van der Waals surface area contributed by atoms with Crippen LogP contribution in [0.2, 0.25) is 0 Å². The van der Waals surface area contributed by atoms with Gasteiger partial charge in [0.2, 0.25) is 0 Å². The molecule has 1 aromatic heterocycles. The highest BCUT2D eigenvalue weighted by Crippen LogP contribution is 2.23. The van der Waals surface area contributed by atoms with E-state index in [1.54, 1.807) is 12.3 Å². The van der Waals surface area contributed by atoms with E-state index in [9.17, 15) is 4.39 Å². The quantitative estimate of drug-likeness (QED) is 0.887. The lowest BCUT2D eigenvalue weighted by Gasteiger charge is -2.23. The predicted octanol–water partition coefficient (Wildman–Crippen LogP) is 3.14. The lowest BCUT2D eigenvalue weighted by atomic mass is 10.0. The molecule has 112 valence electrons. The Morgan fingerprint density at radius 1 is 1.33 bits per heavy atom. The van der Waals surface area contributed by atoms with Crippen LogP contribution in [0.5, 0.6) is 0 Å². The van der Waals surface area contributed by atoms with E-state index in [1.807, 2.05) is 38.4 Å². The Hall–Kier alpha value is -1.94. The second kappa shape index (κ2) is 7.18. The van der Waals surface area contributed by atoms with E-state index >= 15 is 0 Å². The van der Waals surface area contributed by atoms with Crippen LogP contribution in [-0.4, -0.2) is 18.1 Å². The molecule has 0 bridgehead atoms. The highest BCUT2D eigenvalue weighted by atomic mass is 19.1. The van der Waals surface area contributed by atoms with E-state index in [2.05, 4.69) is 9.88 Å². The summed E-state index contributed by atoms with van der Waals surface area (Å²) in [6, 6.07) is 8.91. The van der Waals surface area contributed by atoms with Gasteiger partial charge in [-0.3, -0.25) is 4.98 Å². The third-order valence-electron chi connectivity index (χ3n) is 3.60. The predicted molar refractivity (Wildman–Crippen MR) is 84.7 cm³/mol. The zero-order valence-electron chi connectivity index (χ0n) is 12.6. The Morgan fingerprint density at radius 2 is 2.14 bits per heavy atom. The SMILES string of the molecule is CCC(N)Cc1cc(F)ccc1N(C)Cc1cccnc1. The number of hydrogen-bond acceptors (Lipinski definition) is 3. The molecule has 1 atom stereocenters. The van der Waals surface area contributed by atoms with Crippen molar-refractivity contribution in [1.82, 2.24) is 4.98 Å². The van der Waals surface area contributed by atoms with Crippen molar-refractivity contribution in [3.8, 4) is 0 Å². The monoisotopic (exact) mass is 287 g/mol. The Labute approximate surface area is 125 Å². The maximum Gasteiger partial charge on any atom is 0.123 e. The maximum absolute atomic E-state index is 13.5. The fourth-order valence-electron chi connectivity index (χ4n) is 2.37. The van der Waals surface area contributed by atoms with Crippen molar-refractivity contribution < 1.29 is 4.39 Å². The number of hydrogen-bond donors (Lipinski definition) is 1. The van der Waals surface area contributed by atoms with Gasteiger partial charge in [0.1, 0.15) is 5.82 Å². The molecule has 2 rings (SSSR count). The van der Waals surface area contributed by atoms with Gasteiger partial charge in [0, 0.05) is 37.7 Å². The first-order valence-corrected chi connectivity index (χ1v) is 7.24. The van der Waals surface area contributed by atoms with Crippen LogP contribution in [0.15, 0.2) is 42.7 Å². The van der Waals surface area contributed by atoms with Crippen molar-refractivity contribution in [1.29, 1.82) is 0 Å². The molecular formula is C17H22FN3. The van der Waals surface area contributed by atoms with Crippen molar-refractivity contribution in [3.63, 3.8) is 0 Å². The van der Waals surface area contributed by atoms with Crippen LogP contribution in [0.4, 0.5) is 10.1 Å². The van der Waals surface area contributed by atoms with Crippen LogP contribution >= 0.6 is 0 Å².